The lowest BCUT2D eigenvalue weighted by atomic mass is 10.1. The van der Waals surface area contributed by atoms with E-state index in [4.69, 9.17) is 4.74 Å². The largest absolute Gasteiger partial charge is 0.375 e. The fourth-order valence-corrected chi connectivity index (χ4v) is 2.40. The van der Waals surface area contributed by atoms with Crippen LogP contribution in [-0.2, 0) is 4.74 Å². The molecule has 0 aromatic carbocycles. The molecule has 0 spiro atoms. The monoisotopic (exact) mass is 198 g/mol. The van der Waals surface area contributed by atoms with Crippen molar-refractivity contribution in [1.82, 2.24) is 10.2 Å². The minimum Gasteiger partial charge on any atom is -0.375 e. The molecule has 0 amide bonds. The number of likely N-dealkylation sites (N-methyl/N-ethyl adjacent to an activating group) is 1. The van der Waals surface area contributed by atoms with E-state index in [2.05, 4.69) is 17.3 Å². The molecule has 2 aliphatic heterocycles. The summed E-state index contributed by atoms with van der Waals surface area (Å²) in [7, 11) is 2.21. The average Bonchev–Trinajstić information content (AvgIpc) is 2.63. The van der Waals surface area contributed by atoms with Gasteiger partial charge in [0.05, 0.1) is 12.7 Å². The summed E-state index contributed by atoms with van der Waals surface area (Å²) in [5.41, 5.74) is 0. The number of nitrogens with one attached hydrogen (secondary N) is 1. The molecule has 0 aromatic heterocycles. The molecule has 2 atom stereocenters. The summed E-state index contributed by atoms with van der Waals surface area (Å²) in [4.78, 5) is 2.43. The number of nitrogens with zero attached hydrogens (tertiary/aromatic N) is 1. The van der Waals surface area contributed by atoms with E-state index in [9.17, 15) is 0 Å². The molecule has 0 saturated carbocycles. The van der Waals surface area contributed by atoms with Crippen molar-refractivity contribution in [2.45, 2.75) is 37.8 Å². The highest BCUT2D eigenvalue weighted by Crippen LogP contribution is 2.16. The van der Waals surface area contributed by atoms with Crippen LogP contribution < -0.4 is 5.32 Å². The van der Waals surface area contributed by atoms with Crippen LogP contribution in [0.3, 0.4) is 0 Å². The Hall–Kier alpha value is -0.120. The van der Waals surface area contributed by atoms with Crippen LogP contribution in [-0.4, -0.2) is 50.3 Å². The van der Waals surface area contributed by atoms with Crippen LogP contribution in [0.1, 0.15) is 25.7 Å². The van der Waals surface area contributed by atoms with Crippen molar-refractivity contribution in [3.05, 3.63) is 0 Å². The van der Waals surface area contributed by atoms with Crippen molar-refractivity contribution in [2.75, 3.05) is 33.3 Å². The predicted octanol–water partition coefficient (Wildman–Crippen LogP) is 0.849. The van der Waals surface area contributed by atoms with Gasteiger partial charge in [-0.15, -0.1) is 0 Å². The minimum atomic E-state index is 0.470. The molecule has 1 N–H and O–H groups in total. The van der Waals surface area contributed by atoms with Gasteiger partial charge in [-0.2, -0.15) is 0 Å². The van der Waals surface area contributed by atoms with Gasteiger partial charge < -0.3 is 15.0 Å². The van der Waals surface area contributed by atoms with Crippen LogP contribution in [0.25, 0.3) is 0 Å². The lowest BCUT2D eigenvalue weighted by molar-refractivity contribution is 0.0107. The van der Waals surface area contributed by atoms with Crippen molar-refractivity contribution < 1.29 is 4.74 Å². The van der Waals surface area contributed by atoms with Gasteiger partial charge in [-0.3, -0.25) is 0 Å². The Morgan fingerprint density at radius 3 is 2.93 bits per heavy atom. The number of piperidine rings is 1. The normalized spacial score (nSPS) is 34.9. The number of hydrogen-bond donors (Lipinski definition) is 1. The molecule has 2 saturated heterocycles. The van der Waals surface area contributed by atoms with Crippen molar-refractivity contribution >= 4 is 0 Å². The molecule has 2 rings (SSSR count). The molecule has 3 heteroatoms. The lowest BCUT2D eigenvalue weighted by Crippen LogP contribution is -2.38. The van der Waals surface area contributed by atoms with Gasteiger partial charge in [0.25, 0.3) is 0 Å². The third-order valence-electron chi connectivity index (χ3n) is 3.45. The van der Waals surface area contributed by atoms with E-state index in [1.807, 2.05) is 0 Å². The first-order valence-electron chi connectivity index (χ1n) is 5.89. The van der Waals surface area contributed by atoms with Crippen LogP contribution >= 0.6 is 0 Å². The third-order valence-corrected chi connectivity index (χ3v) is 3.45. The molecule has 2 fully saturated rings. The molecule has 0 aromatic rings. The molecule has 0 bridgehead atoms. The fraction of sp³-hybridized carbons (Fsp3) is 1.00. The maximum Gasteiger partial charge on any atom is 0.0700 e. The minimum absolute atomic E-state index is 0.470. The van der Waals surface area contributed by atoms with Crippen molar-refractivity contribution in [1.29, 1.82) is 0 Å². The standard InChI is InChI=1S/C11H22N2O/c1-13-7-3-4-10(13)9-14-11-5-2-6-12-8-11/h10-12H,2-9H2,1H3/t10?,11-/m0/s1. The first-order valence-corrected chi connectivity index (χ1v) is 5.89. The predicted molar refractivity (Wildman–Crippen MR) is 57.5 cm³/mol. The van der Waals surface area contributed by atoms with Gasteiger partial charge in [0.1, 0.15) is 0 Å². The zero-order valence-electron chi connectivity index (χ0n) is 9.17. The number of hydrogen-bond acceptors (Lipinski definition) is 3. The Balaban J connectivity index is 1.65. The Bertz CT molecular complexity index is 169. The van der Waals surface area contributed by atoms with E-state index in [1.54, 1.807) is 0 Å². The summed E-state index contributed by atoms with van der Waals surface area (Å²) in [6, 6.07) is 0.678. The van der Waals surface area contributed by atoms with Gasteiger partial charge >= 0.3 is 0 Å². The summed E-state index contributed by atoms with van der Waals surface area (Å²) >= 11 is 0. The highest BCUT2D eigenvalue weighted by atomic mass is 16.5. The number of rotatable bonds is 3. The van der Waals surface area contributed by atoms with Crippen LogP contribution in [0.15, 0.2) is 0 Å². The topological polar surface area (TPSA) is 24.5 Å². The second kappa shape index (κ2) is 5.10. The highest BCUT2D eigenvalue weighted by molar-refractivity contribution is 4.77. The van der Waals surface area contributed by atoms with Gasteiger partial charge in [0.15, 0.2) is 0 Å². The summed E-state index contributed by atoms with van der Waals surface area (Å²) in [5, 5.41) is 3.38. The lowest BCUT2D eigenvalue weighted by Gasteiger charge is -2.26. The first kappa shape index (κ1) is 10.4. The van der Waals surface area contributed by atoms with Gasteiger partial charge in [-0.1, -0.05) is 0 Å². The summed E-state index contributed by atoms with van der Waals surface area (Å²) in [5.74, 6) is 0. The SMILES string of the molecule is CN1CCCC1CO[C@H]1CCCNC1. The van der Waals surface area contributed by atoms with Gasteiger partial charge in [-0.05, 0) is 45.8 Å². The van der Waals surface area contributed by atoms with E-state index in [0.717, 1.165) is 13.2 Å². The first-order chi connectivity index (χ1) is 6.86. The maximum absolute atomic E-state index is 5.93. The highest BCUT2D eigenvalue weighted by Gasteiger charge is 2.22. The fourth-order valence-electron chi connectivity index (χ4n) is 2.40. The smallest absolute Gasteiger partial charge is 0.0700 e. The van der Waals surface area contributed by atoms with Crippen molar-refractivity contribution in [3.8, 4) is 0 Å². The molecule has 0 aliphatic carbocycles. The Labute approximate surface area is 86.8 Å². The van der Waals surface area contributed by atoms with Crippen LogP contribution in [0.5, 0.6) is 0 Å². The molecule has 3 nitrogen and oxygen atoms in total. The van der Waals surface area contributed by atoms with E-state index < -0.39 is 0 Å². The molecule has 14 heavy (non-hydrogen) atoms. The van der Waals surface area contributed by atoms with Crippen LogP contribution in [0.2, 0.25) is 0 Å². The molecular formula is C11H22N2O. The summed E-state index contributed by atoms with van der Waals surface area (Å²) < 4.78 is 5.93. The van der Waals surface area contributed by atoms with Gasteiger partial charge in [-0.25, -0.2) is 0 Å². The van der Waals surface area contributed by atoms with Crippen LogP contribution in [0.4, 0.5) is 0 Å². The maximum atomic E-state index is 5.93. The Morgan fingerprint density at radius 2 is 2.29 bits per heavy atom. The molecule has 0 radical (unpaired) electrons. The molecule has 2 aliphatic rings. The second-order valence-corrected chi connectivity index (χ2v) is 4.58. The van der Waals surface area contributed by atoms with Crippen molar-refractivity contribution in [2.24, 2.45) is 0 Å². The van der Waals surface area contributed by atoms with E-state index in [1.165, 1.54) is 38.8 Å². The van der Waals surface area contributed by atoms with E-state index in [0.29, 0.717) is 12.1 Å². The van der Waals surface area contributed by atoms with Crippen molar-refractivity contribution in [3.63, 3.8) is 0 Å². The van der Waals surface area contributed by atoms with Crippen LogP contribution in [0, 0.1) is 0 Å². The van der Waals surface area contributed by atoms with E-state index in [-0.39, 0.29) is 0 Å². The zero-order chi connectivity index (χ0) is 9.80. The number of ether oxygens (including phenoxy) is 1. The van der Waals surface area contributed by atoms with Gasteiger partial charge in [0.2, 0.25) is 0 Å². The average molecular weight is 198 g/mol. The Kier molecular flexibility index (Phi) is 3.79. The zero-order valence-corrected chi connectivity index (χ0v) is 9.17. The molecule has 1 unspecified atom stereocenters. The molecule has 2 heterocycles. The summed E-state index contributed by atoms with van der Waals surface area (Å²) in [6.45, 7) is 4.40. The van der Waals surface area contributed by atoms with E-state index >= 15 is 0 Å². The Morgan fingerprint density at radius 1 is 1.36 bits per heavy atom. The second-order valence-electron chi connectivity index (χ2n) is 4.58. The molecular weight excluding hydrogens is 176 g/mol. The quantitative estimate of drug-likeness (QED) is 0.727. The van der Waals surface area contributed by atoms with Gasteiger partial charge in [0, 0.05) is 12.6 Å². The molecule has 82 valence electrons. The number of likely N-dealkylation sites (tertiary alicyclic amines) is 1. The third kappa shape index (κ3) is 2.69. The summed E-state index contributed by atoms with van der Waals surface area (Å²) in [6.07, 6.45) is 5.64.